The van der Waals surface area contributed by atoms with Crippen molar-refractivity contribution in [1.29, 1.82) is 0 Å². The fourth-order valence-electron chi connectivity index (χ4n) is 1.28. The van der Waals surface area contributed by atoms with Crippen molar-refractivity contribution in [1.82, 2.24) is 0 Å². The van der Waals surface area contributed by atoms with Crippen molar-refractivity contribution < 1.29 is 24.6 Å². The Morgan fingerprint density at radius 3 is 1.94 bits per heavy atom. The van der Waals surface area contributed by atoms with Crippen LogP contribution in [0.25, 0.3) is 0 Å². The SMILES string of the molecule is C/C=C/C(=O)Nc1cc(C(=O)O)cc(C(=O)O)c1. The second-order valence-corrected chi connectivity index (χ2v) is 3.40. The van der Waals surface area contributed by atoms with Gasteiger partial charge >= 0.3 is 11.9 Å². The summed E-state index contributed by atoms with van der Waals surface area (Å²) >= 11 is 0. The number of anilines is 1. The number of carboxylic acid groups (broad SMARTS) is 2. The van der Waals surface area contributed by atoms with Gasteiger partial charge in [-0.05, 0) is 31.2 Å². The summed E-state index contributed by atoms with van der Waals surface area (Å²) in [6.45, 7) is 1.65. The first-order valence-electron chi connectivity index (χ1n) is 4.99. The third-order valence-corrected chi connectivity index (χ3v) is 2.01. The number of benzene rings is 1. The van der Waals surface area contributed by atoms with Gasteiger partial charge in [0.05, 0.1) is 11.1 Å². The van der Waals surface area contributed by atoms with Gasteiger partial charge in [-0.1, -0.05) is 6.08 Å². The first-order chi connectivity index (χ1) is 8.43. The molecule has 6 heteroatoms. The van der Waals surface area contributed by atoms with E-state index < -0.39 is 17.8 Å². The monoisotopic (exact) mass is 249 g/mol. The number of allylic oxidation sites excluding steroid dienone is 1. The molecule has 0 saturated heterocycles. The number of hydrogen-bond donors (Lipinski definition) is 3. The molecule has 0 radical (unpaired) electrons. The van der Waals surface area contributed by atoms with Gasteiger partial charge < -0.3 is 15.5 Å². The molecular weight excluding hydrogens is 238 g/mol. The molecule has 0 bridgehead atoms. The van der Waals surface area contributed by atoms with Gasteiger partial charge in [-0.3, -0.25) is 4.79 Å². The average Bonchev–Trinajstić information content (AvgIpc) is 2.28. The molecule has 0 aliphatic rings. The number of rotatable bonds is 4. The van der Waals surface area contributed by atoms with E-state index in [-0.39, 0.29) is 16.8 Å². The van der Waals surface area contributed by atoms with Gasteiger partial charge in [0.2, 0.25) is 5.91 Å². The van der Waals surface area contributed by atoms with Gasteiger partial charge in [0, 0.05) is 5.69 Å². The Bertz CT molecular complexity index is 501. The van der Waals surface area contributed by atoms with Gasteiger partial charge in [0.1, 0.15) is 0 Å². The lowest BCUT2D eigenvalue weighted by molar-refractivity contribution is -0.111. The van der Waals surface area contributed by atoms with Crippen LogP contribution in [0.3, 0.4) is 0 Å². The van der Waals surface area contributed by atoms with Crippen LogP contribution in [0, 0.1) is 0 Å². The lowest BCUT2D eigenvalue weighted by Gasteiger charge is -2.05. The van der Waals surface area contributed by atoms with Gasteiger partial charge in [-0.2, -0.15) is 0 Å². The predicted molar refractivity (Wildman–Crippen MR) is 63.8 cm³/mol. The van der Waals surface area contributed by atoms with Crippen molar-refractivity contribution >= 4 is 23.5 Å². The number of aromatic carboxylic acids is 2. The summed E-state index contributed by atoms with van der Waals surface area (Å²) in [6.07, 6.45) is 2.75. The van der Waals surface area contributed by atoms with E-state index in [0.29, 0.717) is 0 Å². The van der Waals surface area contributed by atoms with Crippen LogP contribution in [-0.4, -0.2) is 28.1 Å². The number of carboxylic acids is 2. The van der Waals surface area contributed by atoms with Gasteiger partial charge in [-0.15, -0.1) is 0 Å². The zero-order valence-electron chi connectivity index (χ0n) is 9.51. The smallest absolute Gasteiger partial charge is 0.335 e. The van der Waals surface area contributed by atoms with Gasteiger partial charge in [-0.25, -0.2) is 9.59 Å². The van der Waals surface area contributed by atoms with Crippen LogP contribution in [0.15, 0.2) is 30.4 Å². The molecule has 0 unspecified atom stereocenters. The number of amides is 1. The summed E-state index contributed by atoms with van der Waals surface area (Å²) in [4.78, 5) is 32.9. The topological polar surface area (TPSA) is 104 Å². The molecule has 94 valence electrons. The predicted octanol–water partition coefficient (Wildman–Crippen LogP) is 1.60. The van der Waals surface area contributed by atoms with Crippen molar-refractivity contribution in [2.24, 2.45) is 0 Å². The van der Waals surface area contributed by atoms with Crippen LogP contribution in [-0.2, 0) is 4.79 Å². The van der Waals surface area contributed by atoms with Crippen LogP contribution < -0.4 is 5.32 Å². The van der Waals surface area contributed by atoms with Crippen molar-refractivity contribution in [2.45, 2.75) is 6.92 Å². The molecule has 0 spiro atoms. The Labute approximate surface area is 103 Å². The molecule has 1 aromatic carbocycles. The largest absolute Gasteiger partial charge is 0.478 e. The lowest BCUT2D eigenvalue weighted by atomic mass is 10.1. The highest BCUT2D eigenvalue weighted by Crippen LogP contribution is 2.15. The molecule has 1 aromatic rings. The third-order valence-electron chi connectivity index (χ3n) is 2.01. The number of hydrogen-bond acceptors (Lipinski definition) is 3. The maximum Gasteiger partial charge on any atom is 0.335 e. The van der Waals surface area contributed by atoms with Crippen molar-refractivity contribution in [3.05, 3.63) is 41.5 Å². The summed E-state index contributed by atoms with van der Waals surface area (Å²) < 4.78 is 0. The normalized spacial score (nSPS) is 10.3. The highest BCUT2D eigenvalue weighted by atomic mass is 16.4. The summed E-state index contributed by atoms with van der Waals surface area (Å²) in [5.74, 6) is -2.99. The first kappa shape index (κ1) is 13.4. The summed E-state index contributed by atoms with van der Waals surface area (Å²) in [6, 6.07) is 3.41. The van der Waals surface area contributed by atoms with Gasteiger partial charge in [0.25, 0.3) is 0 Å². The van der Waals surface area contributed by atoms with Crippen LogP contribution in [0.4, 0.5) is 5.69 Å². The second kappa shape index (κ2) is 5.62. The van der Waals surface area contributed by atoms with Crippen LogP contribution >= 0.6 is 0 Å². The molecule has 18 heavy (non-hydrogen) atoms. The summed E-state index contributed by atoms with van der Waals surface area (Å²) in [5, 5.41) is 20.0. The van der Waals surface area contributed by atoms with E-state index in [2.05, 4.69) is 5.32 Å². The van der Waals surface area contributed by atoms with E-state index in [0.717, 1.165) is 6.07 Å². The highest BCUT2D eigenvalue weighted by molar-refractivity contribution is 6.02. The fourth-order valence-corrected chi connectivity index (χ4v) is 1.28. The van der Waals surface area contributed by atoms with E-state index in [9.17, 15) is 14.4 Å². The number of carbonyl (C=O) groups excluding carboxylic acids is 1. The van der Waals surface area contributed by atoms with E-state index in [4.69, 9.17) is 10.2 Å². The second-order valence-electron chi connectivity index (χ2n) is 3.40. The Balaban J connectivity index is 3.15. The molecule has 0 aromatic heterocycles. The van der Waals surface area contributed by atoms with Crippen molar-refractivity contribution in [3.8, 4) is 0 Å². The summed E-state index contributed by atoms with van der Waals surface area (Å²) in [7, 11) is 0. The quantitative estimate of drug-likeness (QED) is 0.703. The zero-order valence-corrected chi connectivity index (χ0v) is 9.51. The Morgan fingerprint density at radius 1 is 1.06 bits per heavy atom. The maximum absolute atomic E-state index is 11.3. The Morgan fingerprint density at radius 2 is 1.56 bits per heavy atom. The maximum atomic E-state index is 11.3. The van der Waals surface area contributed by atoms with E-state index in [1.165, 1.54) is 24.3 Å². The Kier molecular flexibility index (Phi) is 4.20. The average molecular weight is 249 g/mol. The fraction of sp³-hybridized carbons (Fsp3) is 0.0833. The molecule has 0 atom stereocenters. The van der Waals surface area contributed by atoms with E-state index >= 15 is 0 Å². The van der Waals surface area contributed by atoms with Crippen LogP contribution in [0.2, 0.25) is 0 Å². The summed E-state index contributed by atoms with van der Waals surface area (Å²) in [5.41, 5.74) is -0.285. The van der Waals surface area contributed by atoms with Crippen LogP contribution in [0.5, 0.6) is 0 Å². The van der Waals surface area contributed by atoms with Gasteiger partial charge in [0.15, 0.2) is 0 Å². The van der Waals surface area contributed by atoms with Crippen LogP contribution in [0.1, 0.15) is 27.6 Å². The van der Waals surface area contributed by atoms with E-state index in [1.54, 1.807) is 6.92 Å². The molecule has 1 rings (SSSR count). The molecule has 0 aliphatic heterocycles. The lowest BCUT2D eigenvalue weighted by Crippen LogP contribution is -2.10. The minimum Gasteiger partial charge on any atom is -0.478 e. The van der Waals surface area contributed by atoms with Crippen molar-refractivity contribution in [3.63, 3.8) is 0 Å². The standard InChI is InChI=1S/C12H11NO5/c1-2-3-10(14)13-9-5-7(11(15)16)4-8(6-9)12(17)18/h2-6H,1H3,(H,13,14)(H,15,16)(H,17,18)/b3-2+. The molecule has 0 saturated carbocycles. The minimum atomic E-state index is -1.26. The molecular formula is C12H11NO5. The minimum absolute atomic E-state index is 0.121. The third kappa shape index (κ3) is 3.44. The van der Waals surface area contributed by atoms with Crippen molar-refractivity contribution in [2.75, 3.05) is 5.32 Å². The molecule has 1 amide bonds. The van der Waals surface area contributed by atoms with E-state index in [1.807, 2.05) is 0 Å². The molecule has 3 N–H and O–H groups in total. The zero-order chi connectivity index (χ0) is 13.7. The highest BCUT2D eigenvalue weighted by Gasteiger charge is 2.12. The Hall–Kier alpha value is -2.63. The molecule has 0 heterocycles. The number of carbonyl (C=O) groups is 3. The molecule has 0 fully saturated rings. The molecule has 6 nitrogen and oxygen atoms in total. The number of nitrogens with one attached hydrogen (secondary N) is 1. The molecule has 0 aliphatic carbocycles. The first-order valence-corrected chi connectivity index (χ1v) is 4.99.